The molecule has 2 rings (SSSR count). The van der Waals surface area contributed by atoms with Crippen molar-refractivity contribution in [3.05, 3.63) is 16.1 Å². The number of amides is 1. The highest BCUT2D eigenvalue weighted by atomic mass is 32.1. The second kappa shape index (κ2) is 9.61. The molecule has 0 unspecified atom stereocenters. The first-order valence-corrected chi connectivity index (χ1v) is 9.63. The fourth-order valence-corrected chi connectivity index (χ4v) is 3.75. The van der Waals surface area contributed by atoms with Gasteiger partial charge in [0.2, 0.25) is 5.91 Å². The van der Waals surface area contributed by atoms with Crippen LogP contribution in [0.3, 0.4) is 0 Å². The number of aliphatic imine (C=N–C) groups is 1. The van der Waals surface area contributed by atoms with Crippen LogP contribution < -0.4 is 10.6 Å². The van der Waals surface area contributed by atoms with Crippen LogP contribution in [-0.4, -0.2) is 55.5 Å². The van der Waals surface area contributed by atoms with Crippen molar-refractivity contribution in [1.82, 2.24) is 20.5 Å². The normalized spacial score (nSPS) is 16.3. The van der Waals surface area contributed by atoms with E-state index in [1.165, 1.54) is 5.01 Å². The summed E-state index contributed by atoms with van der Waals surface area (Å²) >= 11 is 1.74. The molecule has 0 saturated carbocycles. The minimum atomic E-state index is 0.144. The standard InChI is InChI=1S/C17H29N5OS/c1-4-16-21-14(12-24-16)5-8-20-17(19-3)22-9-6-13(7-10-22)11-15(23)18-2/h12-13H,4-11H2,1-3H3,(H,18,23)(H,19,20). The zero-order valence-electron chi connectivity index (χ0n) is 15.0. The van der Waals surface area contributed by atoms with Gasteiger partial charge >= 0.3 is 0 Å². The van der Waals surface area contributed by atoms with E-state index >= 15 is 0 Å². The summed E-state index contributed by atoms with van der Waals surface area (Å²) in [6, 6.07) is 0. The van der Waals surface area contributed by atoms with E-state index in [2.05, 4.69) is 37.8 Å². The maximum Gasteiger partial charge on any atom is 0.220 e. The van der Waals surface area contributed by atoms with Crippen LogP contribution in [0.2, 0.25) is 0 Å². The Bertz CT molecular complexity index is 549. The van der Waals surface area contributed by atoms with E-state index in [0.29, 0.717) is 12.3 Å². The number of aryl methyl sites for hydroxylation is 1. The van der Waals surface area contributed by atoms with Gasteiger partial charge in [-0.25, -0.2) is 4.98 Å². The molecular formula is C17H29N5OS. The van der Waals surface area contributed by atoms with Crippen LogP contribution in [0.1, 0.15) is 36.9 Å². The highest BCUT2D eigenvalue weighted by Gasteiger charge is 2.22. The molecule has 0 aliphatic carbocycles. The summed E-state index contributed by atoms with van der Waals surface area (Å²) in [5.74, 6) is 1.59. The first-order chi connectivity index (χ1) is 11.7. The Labute approximate surface area is 148 Å². The van der Waals surface area contributed by atoms with Gasteiger partial charge in [0.1, 0.15) is 0 Å². The number of rotatable bonds is 6. The molecule has 1 aromatic rings. The highest BCUT2D eigenvalue weighted by molar-refractivity contribution is 7.09. The molecule has 0 spiro atoms. The molecule has 2 N–H and O–H groups in total. The van der Waals surface area contributed by atoms with E-state index in [4.69, 9.17) is 0 Å². The monoisotopic (exact) mass is 351 g/mol. The van der Waals surface area contributed by atoms with Gasteiger partial charge in [0.05, 0.1) is 10.7 Å². The molecule has 7 heteroatoms. The third-order valence-corrected chi connectivity index (χ3v) is 5.49. The maximum absolute atomic E-state index is 11.5. The summed E-state index contributed by atoms with van der Waals surface area (Å²) in [5.41, 5.74) is 1.16. The second-order valence-electron chi connectivity index (χ2n) is 6.12. The minimum Gasteiger partial charge on any atom is -0.359 e. The number of piperidine rings is 1. The van der Waals surface area contributed by atoms with Gasteiger partial charge in [0.25, 0.3) is 0 Å². The highest BCUT2D eigenvalue weighted by Crippen LogP contribution is 2.20. The second-order valence-corrected chi connectivity index (χ2v) is 7.06. The fourth-order valence-electron chi connectivity index (χ4n) is 2.97. The molecule has 134 valence electrons. The summed E-state index contributed by atoms with van der Waals surface area (Å²) in [5, 5.41) is 9.50. The molecule has 1 amide bonds. The van der Waals surface area contributed by atoms with Crippen molar-refractivity contribution >= 4 is 23.2 Å². The van der Waals surface area contributed by atoms with E-state index in [9.17, 15) is 4.79 Å². The van der Waals surface area contributed by atoms with Crippen LogP contribution in [0.5, 0.6) is 0 Å². The van der Waals surface area contributed by atoms with Crippen LogP contribution in [0.25, 0.3) is 0 Å². The SMILES string of the molecule is CCc1nc(CCNC(=NC)N2CCC(CC(=O)NC)CC2)cs1. The minimum absolute atomic E-state index is 0.144. The van der Waals surface area contributed by atoms with Crippen molar-refractivity contribution < 1.29 is 4.79 Å². The summed E-state index contributed by atoms with van der Waals surface area (Å²) in [6.45, 7) is 4.89. The lowest BCUT2D eigenvalue weighted by molar-refractivity contribution is -0.121. The smallest absolute Gasteiger partial charge is 0.220 e. The van der Waals surface area contributed by atoms with Gasteiger partial charge in [-0.1, -0.05) is 6.92 Å². The first kappa shape index (κ1) is 18.7. The quantitative estimate of drug-likeness (QED) is 0.604. The van der Waals surface area contributed by atoms with Gasteiger partial charge in [0, 0.05) is 52.0 Å². The Morgan fingerprint density at radius 3 is 2.79 bits per heavy atom. The number of nitrogens with zero attached hydrogens (tertiary/aromatic N) is 3. The lowest BCUT2D eigenvalue weighted by atomic mass is 9.93. The molecular weight excluding hydrogens is 322 g/mol. The molecule has 6 nitrogen and oxygen atoms in total. The number of hydrogen-bond acceptors (Lipinski definition) is 4. The van der Waals surface area contributed by atoms with Gasteiger partial charge in [0.15, 0.2) is 5.96 Å². The van der Waals surface area contributed by atoms with Crippen LogP contribution in [-0.2, 0) is 17.6 Å². The molecule has 1 aliphatic rings. The van der Waals surface area contributed by atoms with Gasteiger partial charge in [-0.15, -0.1) is 11.3 Å². The lowest BCUT2D eigenvalue weighted by Gasteiger charge is -2.34. The molecule has 24 heavy (non-hydrogen) atoms. The zero-order chi connectivity index (χ0) is 17.4. The third kappa shape index (κ3) is 5.47. The average Bonchev–Trinajstić information content (AvgIpc) is 3.07. The predicted octanol–water partition coefficient (Wildman–Crippen LogP) is 1.67. The van der Waals surface area contributed by atoms with Gasteiger partial charge in [-0.05, 0) is 25.2 Å². The molecule has 1 saturated heterocycles. The Morgan fingerprint density at radius 2 is 2.21 bits per heavy atom. The Hall–Kier alpha value is -1.63. The van der Waals surface area contributed by atoms with Crippen molar-refractivity contribution in [3.8, 4) is 0 Å². The number of carbonyl (C=O) groups excluding carboxylic acids is 1. The predicted molar refractivity (Wildman–Crippen MR) is 99.5 cm³/mol. The van der Waals surface area contributed by atoms with Crippen LogP contribution >= 0.6 is 11.3 Å². The van der Waals surface area contributed by atoms with E-state index in [0.717, 1.165) is 57.0 Å². The Kier molecular flexibility index (Phi) is 7.49. The zero-order valence-corrected chi connectivity index (χ0v) is 15.8. The van der Waals surface area contributed by atoms with Crippen molar-refractivity contribution in [2.24, 2.45) is 10.9 Å². The lowest BCUT2D eigenvalue weighted by Crippen LogP contribution is -2.46. The van der Waals surface area contributed by atoms with Crippen molar-refractivity contribution in [3.63, 3.8) is 0 Å². The largest absolute Gasteiger partial charge is 0.359 e. The molecule has 0 bridgehead atoms. The van der Waals surface area contributed by atoms with E-state index in [1.807, 2.05) is 7.05 Å². The Balaban J connectivity index is 1.73. The number of thiazole rings is 1. The first-order valence-electron chi connectivity index (χ1n) is 8.75. The number of aromatic nitrogens is 1. The molecule has 0 aromatic carbocycles. The van der Waals surface area contributed by atoms with Gasteiger partial charge in [-0.3, -0.25) is 9.79 Å². The van der Waals surface area contributed by atoms with Gasteiger partial charge < -0.3 is 15.5 Å². The summed E-state index contributed by atoms with van der Waals surface area (Å²) in [7, 11) is 3.53. The summed E-state index contributed by atoms with van der Waals surface area (Å²) in [6.07, 6.45) is 4.65. The Morgan fingerprint density at radius 1 is 1.46 bits per heavy atom. The summed E-state index contributed by atoms with van der Waals surface area (Å²) < 4.78 is 0. The molecule has 0 atom stereocenters. The van der Waals surface area contributed by atoms with Crippen molar-refractivity contribution in [2.45, 2.75) is 39.0 Å². The number of nitrogens with one attached hydrogen (secondary N) is 2. The average molecular weight is 352 g/mol. The molecule has 1 aliphatic heterocycles. The van der Waals surface area contributed by atoms with Crippen molar-refractivity contribution in [2.75, 3.05) is 33.7 Å². The number of hydrogen-bond donors (Lipinski definition) is 2. The van der Waals surface area contributed by atoms with Crippen LogP contribution in [0.15, 0.2) is 10.4 Å². The summed E-state index contributed by atoms with van der Waals surface area (Å²) in [4.78, 5) is 22.8. The van der Waals surface area contributed by atoms with Gasteiger partial charge in [-0.2, -0.15) is 0 Å². The van der Waals surface area contributed by atoms with Crippen LogP contribution in [0.4, 0.5) is 0 Å². The van der Waals surface area contributed by atoms with Crippen LogP contribution in [0, 0.1) is 5.92 Å². The third-order valence-electron chi connectivity index (χ3n) is 4.44. The number of likely N-dealkylation sites (tertiary alicyclic amines) is 1. The number of carbonyl (C=O) groups is 1. The fraction of sp³-hybridized carbons (Fsp3) is 0.706. The van der Waals surface area contributed by atoms with E-state index < -0.39 is 0 Å². The maximum atomic E-state index is 11.5. The van der Waals surface area contributed by atoms with E-state index in [1.54, 1.807) is 18.4 Å². The topological polar surface area (TPSA) is 69.6 Å². The molecule has 1 aromatic heterocycles. The van der Waals surface area contributed by atoms with E-state index in [-0.39, 0.29) is 5.91 Å². The molecule has 2 heterocycles. The van der Waals surface area contributed by atoms with Crippen molar-refractivity contribution in [1.29, 1.82) is 0 Å². The molecule has 0 radical (unpaired) electrons. The number of guanidine groups is 1. The molecule has 1 fully saturated rings.